The second kappa shape index (κ2) is 4.45. The minimum atomic E-state index is -0.282. The maximum Gasteiger partial charge on any atom is 0.152 e. The molecule has 4 heteroatoms. The molecule has 0 spiro atoms. The van der Waals surface area contributed by atoms with Crippen molar-refractivity contribution in [1.82, 2.24) is 9.55 Å². The lowest BCUT2D eigenvalue weighted by atomic mass is 10.1. The zero-order valence-electron chi connectivity index (χ0n) is 11.5. The Morgan fingerprint density at radius 2 is 1.95 bits per heavy atom. The molecule has 0 unspecified atom stereocenters. The van der Waals surface area contributed by atoms with Crippen LogP contribution in [0.5, 0.6) is 5.75 Å². The summed E-state index contributed by atoms with van der Waals surface area (Å²) in [5, 5.41) is 0. The highest BCUT2D eigenvalue weighted by Crippen LogP contribution is 2.32. The zero-order valence-corrected chi connectivity index (χ0v) is 11.5. The number of imidazole rings is 1. The number of nitrogens with zero attached hydrogens (tertiary/aromatic N) is 2. The zero-order chi connectivity index (χ0) is 14.4. The highest BCUT2D eigenvalue weighted by molar-refractivity contribution is 5.61. The van der Waals surface area contributed by atoms with Crippen molar-refractivity contribution in [3.63, 3.8) is 0 Å². The average molecular weight is 280 g/mol. The van der Waals surface area contributed by atoms with E-state index in [0.717, 1.165) is 17.1 Å². The maximum absolute atomic E-state index is 13.5. The number of benzene rings is 2. The molecule has 0 radical (unpaired) electrons. The summed E-state index contributed by atoms with van der Waals surface area (Å²) in [5.74, 6) is 1.18. The third-order valence-corrected chi connectivity index (χ3v) is 3.66. The summed E-state index contributed by atoms with van der Waals surface area (Å²) in [6.07, 6.45) is 1.93. The normalized spacial score (nSPS) is 12.5. The third-order valence-electron chi connectivity index (χ3n) is 3.66. The molecule has 0 bridgehead atoms. The summed E-state index contributed by atoms with van der Waals surface area (Å²) in [5.41, 5.74) is 3.81. The van der Waals surface area contributed by atoms with Crippen LogP contribution in [-0.2, 0) is 6.61 Å². The lowest BCUT2D eigenvalue weighted by Crippen LogP contribution is -2.12. The molecule has 0 atom stereocenters. The molecule has 1 aromatic heterocycles. The molecule has 21 heavy (non-hydrogen) atoms. The fraction of sp³-hybridized carbons (Fsp3) is 0.118. The van der Waals surface area contributed by atoms with E-state index in [1.165, 1.54) is 17.7 Å². The molecule has 0 fully saturated rings. The Kier molecular flexibility index (Phi) is 2.57. The molecule has 1 aliphatic rings. The van der Waals surface area contributed by atoms with Gasteiger partial charge in [-0.15, -0.1) is 0 Å². The Morgan fingerprint density at radius 3 is 2.76 bits per heavy atom. The molecule has 0 saturated heterocycles. The quantitative estimate of drug-likeness (QED) is 0.676. The summed E-state index contributed by atoms with van der Waals surface area (Å²) in [4.78, 5) is 4.59. The smallest absolute Gasteiger partial charge is 0.152 e. The summed E-state index contributed by atoms with van der Waals surface area (Å²) in [7, 11) is 0. The van der Waals surface area contributed by atoms with Gasteiger partial charge in [-0.05, 0) is 19.1 Å². The number of halogens is 1. The maximum atomic E-state index is 13.5. The van der Waals surface area contributed by atoms with E-state index in [0.29, 0.717) is 18.0 Å². The predicted molar refractivity (Wildman–Crippen MR) is 78.0 cm³/mol. The molecule has 2 heterocycles. The molecular weight excluding hydrogens is 267 g/mol. The van der Waals surface area contributed by atoms with E-state index in [2.05, 4.69) is 24.0 Å². The fourth-order valence-corrected chi connectivity index (χ4v) is 2.54. The van der Waals surface area contributed by atoms with Crippen LogP contribution in [0, 0.1) is 12.7 Å². The van der Waals surface area contributed by atoms with Gasteiger partial charge < -0.3 is 4.74 Å². The summed E-state index contributed by atoms with van der Waals surface area (Å²) in [6.45, 7) is 2.44. The van der Waals surface area contributed by atoms with Gasteiger partial charge in [0, 0.05) is 17.8 Å². The largest absolute Gasteiger partial charge is 0.483 e. The van der Waals surface area contributed by atoms with Crippen molar-refractivity contribution in [3.05, 3.63) is 65.9 Å². The van der Waals surface area contributed by atoms with Crippen molar-refractivity contribution >= 4 is 0 Å². The monoisotopic (exact) mass is 280 g/mol. The molecule has 0 N–H and O–H groups in total. The summed E-state index contributed by atoms with van der Waals surface area (Å²) >= 11 is 0. The van der Waals surface area contributed by atoms with Crippen LogP contribution in [0.3, 0.4) is 0 Å². The highest BCUT2D eigenvalue weighted by Gasteiger charge is 2.20. The Labute approximate surface area is 121 Å². The number of fused-ring (bicyclic) bond motifs is 3. The van der Waals surface area contributed by atoms with Crippen molar-refractivity contribution in [1.29, 1.82) is 0 Å². The Balaban J connectivity index is 1.84. The lowest BCUT2D eigenvalue weighted by Gasteiger charge is -2.18. The van der Waals surface area contributed by atoms with Crippen LogP contribution in [0.4, 0.5) is 4.39 Å². The molecule has 0 aliphatic carbocycles. The molecular formula is C17H13FN2O. The van der Waals surface area contributed by atoms with Gasteiger partial charge in [-0.1, -0.05) is 29.8 Å². The van der Waals surface area contributed by atoms with Gasteiger partial charge in [-0.25, -0.2) is 9.37 Å². The van der Waals surface area contributed by atoms with Crippen molar-refractivity contribution in [3.8, 4) is 22.7 Å². The number of rotatable bonds is 1. The summed E-state index contributed by atoms with van der Waals surface area (Å²) < 4.78 is 21.0. The second-order valence-corrected chi connectivity index (χ2v) is 5.18. The van der Waals surface area contributed by atoms with Crippen LogP contribution in [0.2, 0.25) is 0 Å². The number of aromatic nitrogens is 2. The van der Waals surface area contributed by atoms with Gasteiger partial charge in [-0.3, -0.25) is 4.57 Å². The first-order valence-corrected chi connectivity index (χ1v) is 6.79. The van der Waals surface area contributed by atoms with E-state index in [9.17, 15) is 4.39 Å². The molecule has 2 aromatic carbocycles. The van der Waals surface area contributed by atoms with Crippen molar-refractivity contribution in [2.24, 2.45) is 0 Å². The number of ether oxygens (including phenoxy) is 1. The van der Waals surface area contributed by atoms with Crippen LogP contribution < -0.4 is 4.74 Å². The van der Waals surface area contributed by atoms with Gasteiger partial charge in [0.25, 0.3) is 0 Å². The molecule has 0 saturated carbocycles. The number of hydrogen-bond donors (Lipinski definition) is 0. The van der Waals surface area contributed by atoms with Crippen molar-refractivity contribution in [2.45, 2.75) is 13.5 Å². The number of hydrogen-bond acceptors (Lipinski definition) is 2. The lowest BCUT2D eigenvalue weighted by molar-refractivity contribution is 0.279. The molecule has 3 nitrogen and oxygen atoms in total. The van der Waals surface area contributed by atoms with Crippen molar-refractivity contribution < 1.29 is 9.13 Å². The van der Waals surface area contributed by atoms with E-state index >= 15 is 0 Å². The first-order valence-electron chi connectivity index (χ1n) is 6.79. The van der Waals surface area contributed by atoms with Gasteiger partial charge in [0.2, 0.25) is 0 Å². The Bertz CT molecular complexity index is 821. The first kappa shape index (κ1) is 12.1. The van der Waals surface area contributed by atoms with Gasteiger partial charge in [0.1, 0.15) is 18.2 Å². The second-order valence-electron chi connectivity index (χ2n) is 5.18. The number of aryl methyl sites for hydroxylation is 1. The molecule has 4 rings (SSSR count). The Morgan fingerprint density at radius 1 is 1.14 bits per heavy atom. The van der Waals surface area contributed by atoms with Crippen LogP contribution in [0.15, 0.2) is 48.7 Å². The van der Waals surface area contributed by atoms with Gasteiger partial charge in [-0.2, -0.15) is 0 Å². The van der Waals surface area contributed by atoms with Crippen LogP contribution in [0.1, 0.15) is 11.4 Å². The van der Waals surface area contributed by atoms with Gasteiger partial charge in [0.15, 0.2) is 5.82 Å². The van der Waals surface area contributed by atoms with Gasteiger partial charge in [0.05, 0.1) is 11.4 Å². The molecule has 3 aromatic rings. The van der Waals surface area contributed by atoms with Crippen molar-refractivity contribution in [2.75, 3.05) is 0 Å². The van der Waals surface area contributed by atoms with E-state index in [-0.39, 0.29) is 5.82 Å². The van der Waals surface area contributed by atoms with E-state index < -0.39 is 0 Å². The minimum absolute atomic E-state index is 0.282. The van der Waals surface area contributed by atoms with E-state index in [4.69, 9.17) is 4.74 Å². The van der Waals surface area contributed by atoms with Crippen LogP contribution in [0.25, 0.3) is 16.9 Å². The fourth-order valence-electron chi connectivity index (χ4n) is 2.54. The highest BCUT2D eigenvalue weighted by atomic mass is 19.1. The Hall–Kier alpha value is -2.62. The standard InChI is InChI=1S/C17H13FN2O/c1-11-2-4-12(5-3-11)14-9-20-15-8-13(18)6-7-16(15)21-10-17(20)19-14/h2-9H,10H2,1H3. The molecule has 104 valence electrons. The molecule has 0 amide bonds. The van der Waals surface area contributed by atoms with E-state index in [1.807, 2.05) is 22.9 Å². The topological polar surface area (TPSA) is 27.1 Å². The molecule has 1 aliphatic heterocycles. The minimum Gasteiger partial charge on any atom is -0.483 e. The predicted octanol–water partition coefficient (Wildman–Crippen LogP) is 3.88. The average Bonchev–Trinajstić information content (AvgIpc) is 2.92. The van der Waals surface area contributed by atoms with Gasteiger partial charge >= 0.3 is 0 Å². The SMILES string of the molecule is Cc1ccc(-c2cn3c(n2)COc2ccc(F)cc2-3)cc1. The van der Waals surface area contributed by atoms with Crippen LogP contribution in [-0.4, -0.2) is 9.55 Å². The first-order chi connectivity index (χ1) is 10.2. The van der Waals surface area contributed by atoms with Crippen LogP contribution >= 0.6 is 0 Å². The van der Waals surface area contributed by atoms with E-state index in [1.54, 1.807) is 6.07 Å². The summed E-state index contributed by atoms with van der Waals surface area (Å²) in [6, 6.07) is 12.7. The third kappa shape index (κ3) is 2.00.